The molecular weight excluding hydrogens is 324 g/mol. The van der Waals surface area contributed by atoms with Gasteiger partial charge >= 0.3 is 0 Å². The topological polar surface area (TPSA) is 66.5 Å². The van der Waals surface area contributed by atoms with Gasteiger partial charge in [-0.15, -0.1) is 0 Å². The Labute approximate surface area is 144 Å². The second-order valence-electron chi connectivity index (χ2n) is 6.44. The van der Waals surface area contributed by atoms with Crippen LogP contribution in [-0.4, -0.2) is 33.7 Å². The van der Waals surface area contributed by atoms with Crippen molar-refractivity contribution in [2.24, 2.45) is 0 Å². The van der Waals surface area contributed by atoms with Crippen molar-refractivity contribution in [2.75, 3.05) is 23.7 Å². The molecule has 0 saturated heterocycles. The predicted molar refractivity (Wildman–Crippen MR) is 97.7 cm³/mol. The van der Waals surface area contributed by atoms with Crippen molar-refractivity contribution in [1.82, 2.24) is 5.32 Å². The molecule has 1 aliphatic carbocycles. The lowest BCUT2D eigenvalue weighted by atomic mass is 10.00. The van der Waals surface area contributed by atoms with E-state index in [0.717, 1.165) is 36.6 Å². The van der Waals surface area contributed by atoms with E-state index in [1.165, 1.54) is 16.3 Å². The van der Waals surface area contributed by atoms with Crippen molar-refractivity contribution >= 4 is 21.6 Å². The first kappa shape index (κ1) is 18.5. The highest BCUT2D eigenvalue weighted by atomic mass is 32.2. The first-order valence-electron chi connectivity index (χ1n) is 8.27. The van der Waals surface area contributed by atoms with Gasteiger partial charge in [0.05, 0.1) is 11.9 Å². The third-order valence-corrected chi connectivity index (χ3v) is 5.34. The minimum absolute atomic E-state index is 0.198. The molecule has 1 aliphatic rings. The lowest BCUT2D eigenvalue weighted by Gasteiger charge is -2.24. The van der Waals surface area contributed by atoms with Crippen LogP contribution < -0.4 is 9.62 Å². The van der Waals surface area contributed by atoms with E-state index in [-0.39, 0.29) is 12.5 Å². The Kier molecular flexibility index (Phi) is 6.04. The van der Waals surface area contributed by atoms with Gasteiger partial charge < -0.3 is 5.32 Å². The predicted octanol–water partition coefficient (Wildman–Crippen LogP) is 2.69. The van der Waals surface area contributed by atoms with Crippen molar-refractivity contribution in [2.45, 2.75) is 39.5 Å². The van der Waals surface area contributed by atoms with Crippen LogP contribution in [0.5, 0.6) is 0 Å². The molecule has 24 heavy (non-hydrogen) atoms. The summed E-state index contributed by atoms with van der Waals surface area (Å²) in [5.41, 5.74) is 3.57. The molecule has 6 heteroatoms. The minimum Gasteiger partial charge on any atom is -0.351 e. The zero-order chi connectivity index (χ0) is 17.7. The standard InChI is InChI=1S/C18H26N2O3S/c1-14-9-10-15(2)17(11-14)20(24(3,22)23)13-18(21)19-12-16-7-5-4-6-8-16/h7,9-11H,4-6,8,12-13H2,1-3H3,(H,19,21). The quantitative estimate of drug-likeness (QED) is 0.802. The van der Waals surface area contributed by atoms with E-state index < -0.39 is 10.0 Å². The van der Waals surface area contributed by atoms with Gasteiger partial charge in [-0.05, 0) is 56.7 Å². The zero-order valence-corrected chi connectivity index (χ0v) is 15.4. The summed E-state index contributed by atoms with van der Waals surface area (Å²) in [5, 5.41) is 2.85. The minimum atomic E-state index is -3.54. The lowest BCUT2D eigenvalue weighted by molar-refractivity contribution is -0.119. The molecule has 132 valence electrons. The number of nitrogens with zero attached hydrogens (tertiary/aromatic N) is 1. The Morgan fingerprint density at radius 3 is 2.62 bits per heavy atom. The van der Waals surface area contributed by atoms with E-state index in [4.69, 9.17) is 0 Å². The Balaban J connectivity index is 2.10. The molecule has 1 aromatic rings. The third-order valence-electron chi connectivity index (χ3n) is 4.22. The fourth-order valence-corrected chi connectivity index (χ4v) is 3.74. The number of carbonyl (C=O) groups excluding carboxylic acids is 1. The van der Waals surface area contributed by atoms with Crippen LogP contribution >= 0.6 is 0 Å². The fourth-order valence-electron chi connectivity index (χ4n) is 2.83. The molecule has 0 aromatic heterocycles. The van der Waals surface area contributed by atoms with Crippen molar-refractivity contribution < 1.29 is 13.2 Å². The van der Waals surface area contributed by atoms with Gasteiger partial charge in [0.15, 0.2) is 0 Å². The molecule has 2 rings (SSSR count). The molecule has 1 amide bonds. The van der Waals surface area contributed by atoms with E-state index in [2.05, 4.69) is 11.4 Å². The molecule has 0 heterocycles. The maximum atomic E-state index is 12.3. The highest BCUT2D eigenvalue weighted by molar-refractivity contribution is 7.92. The SMILES string of the molecule is Cc1ccc(C)c(N(CC(=O)NCC2=CCCCC2)S(C)(=O)=O)c1. The number of anilines is 1. The molecular formula is C18H26N2O3S. The van der Waals surface area contributed by atoms with Crippen LogP contribution in [0.15, 0.2) is 29.8 Å². The van der Waals surface area contributed by atoms with Crippen molar-refractivity contribution in [3.05, 3.63) is 41.0 Å². The van der Waals surface area contributed by atoms with Gasteiger partial charge in [-0.1, -0.05) is 23.8 Å². The largest absolute Gasteiger partial charge is 0.351 e. The fraction of sp³-hybridized carbons (Fsp3) is 0.500. The number of benzene rings is 1. The number of carbonyl (C=O) groups is 1. The second kappa shape index (κ2) is 7.83. The van der Waals surface area contributed by atoms with Crippen molar-refractivity contribution in [3.8, 4) is 0 Å². The van der Waals surface area contributed by atoms with Crippen LogP contribution in [0.25, 0.3) is 0 Å². The van der Waals surface area contributed by atoms with Gasteiger partial charge in [0.2, 0.25) is 15.9 Å². The van der Waals surface area contributed by atoms with Gasteiger partial charge in [0.1, 0.15) is 6.54 Å². The molecule has 1 N–H and O–H groups in total. The van der Waals surface area contributed by atoms with Crippen LogP contribution in [0, 0.1) is 13.8 Å². The van der Waals surface area contributed by atoms with E-state index in [9.17, 15) is 13.2 Å². The summed E-state index contributed by atoms with van der Waals surface area (Å²) in [4.78, 5) is 12.3. The van der Waals surface area contributed by atoms with Crippen molar-refractivity contribution in [3.63, 3.8) is 0 Å². The van der Waals surface area contributed by atoms with Crippen LogP contribution in [0.1, 0.15) is 36.8 Å². The van der Waals surface area contributed by atoms with E-state index in [1.807, 2.05) is 26.0 Å². The number of sulfonamides is 1. The smallest absolute Gasteiger partial charge is 0.241 e. The summed E-state index contributed by atoms with van der Waals surface area (Å²) in [6.45, 7) is 4.05. The maximum Gasteiger partial charge on any atom is 0.241 e. The Morgan fingerprint density at radius 2 is 2.00 bits per heavy atom. The number of allylic oxidation sites excluding steroid dienone is 1. The van der Waals surface area contributed by atoms with Gasteiger partial charge in [-0.25, -0.2) is 8.42 Å². The average Bonchev–Trinajstić information content (AvgIpc) is 2.53. The number of amides is 1. The van der Waals surface area contributed by atoms with Gasteiger partial charge in [-0.3, -0.25) is 9.10 Å². The Hall–Kier alpha value is -1.82. The van der Waals surface area contributed by atoms with Crippen LogP contribution in [-0.2, 0) is 14.8 Å². The van der Waals surface area contributed by atoms with Gasteiger partial charge in [0, 0.05) is 6.54 Å². The van der Waals surface area contributed by atoms with E-state index >= 15 is 0 Å². The average molecular weight is 350 g/mol. The Bertz CT molecular complexity index is 739. The number of hydrogen-bond acceptors (Lipinski definition) is 3. The molecule has 0 fully saturated rings. The summed E-state index contributed by atoms with van der Waals surface area (Å²) >= 11 is 0. The third kappa shape index (κ3) is 5.09. The number of hydrogen-bond donors (Lipinski definition) is 1. The summed E-state index contributed by atoms with van der Waals surface area (Å²) in [7, 11) is -3.54. The van der Waals surface area contributed by atoms with Crippen LogP contribution in [0.3, 0.4) is 0 Å². The molecule has 0 saturated carbocycles. The molecule has 5 nitrogen and oxygen atoms in total. The van der Waals surface area contributed by atoms with Gasteiger partial charge in [-0.2, -0.15) is 0 Å². The second-order valence-corrected chi connectivity index (χ2v) is 8.35. The lowest BCUT2D eigenvalue weighted by Crippen LogP contribution is -2.41. The van der Waals surface area contributed by atoms with Crippen LogP contribution in [0.4, 0.5) is 5.69 Å². The molecule has 0 aliphatic heterocycles. The normalized spacial score (nSPS) is 14.9. The van der Waals surface area contributed by atoms with Crippen molar-refractivity contribution in [1.29, 1.82) is 0 Å². The van der Waals surface area contributed by atoms with E-state index in [0.29, 0.717) is 12.2 Å². The van der Waals surface area contributed by atoms with Crippen LogP contribution in [0.2, 0.25) is 0 Å². The number of nitrogens with one attached hydrogen (secondary N) is 1. The zero-order valence-electron chi connectivity index (χ0n) is 14.6. The number of aryl methyl sites for hydroxylation is 2. The molecule has 0 unspecified atom stereocenters. The summed E-state index contributed by atoms with van der Waals surface area (Å²) in [6.07, 6.45) is 7.72. The van der Waals surface area contributed by atoms with Gasteiger partial charge in [0.25, 0.3) is 0 Å². The monoisotopic (exact) mass is 350 g/mol. The first-order chi connectivity index (χ1) is 11.3. The summed E-state index contributed by atoms with van der Waals surface area (Å²) < 4.78 is 25.5. The molecule has 0 atom stereocenters. The first-order valence-corrected chi connectivity index (χ1v) is 10.1. The molecule has 0 radical (unpaired) electrons. The maximum absolute atomic E-state index is 12.3. The Morgan fingerprint density at radius 1 is 1.25 bits per heavy atom. The molecule has 1 aromatic carbocycles. The van der Waals surface area contributed by atoms with E-state index in [1.54, 1.807) is 6.07 Å². The highest BCUT2D eigenvalue weighted by Crippen LogP contribution is 2.23. The molecule has 0 spiro atoms. The molecule has 0 bridgehead atoms. The number of rotatable bonds is 6. The highest BCUT2D eigenvalue weighted by Gasteiger charge is 2.22. The summed E-state index contributed by atoms with van der Waals surface area (Å²) in [5.74, 6) is -0.284. The summed E-state index contributed by atoms with van der Waals surface area (Å²) in [6, 6.07) is 5.59.